The molecule has 0 N–H and O–H groups in total. The van der Waals surface area contributed by atoms with E-state index in [1.54, 1.807) is 6.07 Å². The zero-order valence-electron chi connectivity index (χ0n) is 7.76. The van der Waals surface area contributed by atoms with E-state index in [1.807, 2.05) is 17.7 Å². The van der Waals surface area contributed by atoms with Crippen LogP contribution in [-0.2, 0) is 6.42 Å². The lowest BCUT2D eigenvalue weighted by atomic mass is 10.1. The van der Waals surface area contributed by atoms with Crippen LogP contribution in [0.5, 0.6) is 0 Å². The van der Waals surface area contributed by atoms with Gasteiger partial charge in [0, 0.05) is 12.0 Å². The summed E-state index contributed by atoms with van der Waals surface area (Å²) in [5.74, 6) is -0.146. The molecule has 68 valence electrons. The molecule has 0 fully saturated rings. The minimum atomic E-state index is -0.146. The molecule has 0 aliphatic heterocycles. The molecule has 0 radical (unpaired) electrons. The summed E-state index contributed by atoms with van der Waals surface area (Å²) < 4.78 is 14.9. The first kappa shape index (κ1) is 8.42. The second-order valence-corrected chi connectivity index (χ2v) is 3.65. The predicted molar refractivity (Wildman–Crippen MR) is 50.8 cm³/mol. The zero-order valence-corrected chi connectivity index (χ0v) is 7.76. The van der Waals surface area contributed by atoms with Crippen LogP contribution in [-0.4, -0.2) is 18.3 Å². The fourth-order valence-electron chi connectivity index (χ4n) is 2.01. The van der Waals surface area contributed by atoms with E-state index < -0.39 is 0 Å². The van der Waals surface area contributed by atoms with Crippen molar-refractivity contribution in [1.29, 1.82) is 0 Å². The van der Waals surface area contributed by atoms with Crippen molar-refractivity contribution < 1.29 is 8.97 Å². The second-order valence-electron chi connectivity index (χ2n) is 3.65. The molecule has 1 aliphatic carbocycles. The number of fused-ring (bicyclic) bond motifs is 1. The van der Waals surface area contributed by atoms with Crippen molar-refractivity contribution in [3.63, 3.8) is 0 Å². The Balaban J connectivity index is 2.46. The maximum atomic E-state index is 13.0. The van der Waals surface area contributed by atoms with Gasteiger partial charge in [0.05, 0.1) is 0 Å². The molecule has 0 bridgehead atoms. The van der Waals surface area contributed by atoms with Crippen molar-refractivity contribution >= 4 is 6.72 Å². The minimum Gasteiger partial charge on any atom is -0.238 e. The van der Waals surface area contributed by atoms with E-state index >= 15 is 0 Å². The van der Waals surface area contributed by atoms with E-state index in [1.165, 1.54) is 11.6 Å². The summed E-state index contributed by atoms with van der Waals surface area (Å²) in [4.78, 5) is 0. The molecule has 0 saturated heterocycles. The molecule has 0 saturated carbocycles. The Labute approximate surface area is 77.5 Å². The number of aryl methyl sites for hydroxylation is 1. The van der Waals surface area contributed by atoms with Crippen molar-refractivity contribution in [2.24, 2.45) is 0 Å². The topological polar surface area (TPSA) is 3.01 Å². The van der Waals surface area contributed by atoms with Crippen molar-refractivity contribution in [3.05, 3.63) is 35.1 Å². The number of halogens is 1. The molecule has 0 amide bonds. The van der Waals surface area contributed by atoms with Gasteiger partial charge in [-0.25, -0.2) is 8.97 Å². The third-order valence-electron chi connectivity index (χ3n) is 2.69. The molecule has 0 unspecified atom stereocenters. The lowest BCUT2D eigenvalue weighted by molar-refractivity contribution is -0.535. The van der Waals surface area contributed by atoms with Crippen LogP contribution in [0.15, 0.2) is 18.2 Å². The first-order valence-electron chi connectivity index (χ1n) is 4.50. The van der Waals surface area contributed by atoms with E-state index in [0.29, 0.717) is 6.04 Å². The normalized spacial score (nSPS) is 20.0. The standard InChI is InChI=1S/C11H13FN/c1-13(2)11-6-4-8-3-5-9(12)7-10(8)11/h3,5,7,11H,1,4,6H2,2H3/q+1/t11-/m0/s1. The SMILES string of the molecule is C=[N+](C)[C@H]1CCc2ccc(F)cc21. The lowest BCUT2D eigenvalue weighted by Gasteiger charge is -2.05. The van der Waals surface area contributed by atoms with Crippen molar-refractivity contribution in [1.82, 2.24) is 0 Å². The van der Waals surface area contributed by atoms with Gasteiger partial charge in [0.25, 0.3) is 0 Å². The van der Waals surface area contributed by atoms with E-state index in [9.17, 15) is 4.39 Å². The van der Waals surface area contributed by atoms with Gasteiger partial charge in [0.1, 0.15) is 19.6 Å². The molecule has 13 heavy (non-hydrogen) atoms. The van der Waals surface area contributed by atoms with E-state index in [4.69, 9.17) is 0 Å². The molecule has 0 aromatic heterocycles. The summed E-state index contributed by atoms with van der Waals surface area (Å²) in [6, 6.07) is 5.35. The fourth-order valence-corrected chi connectivity index (χ4v) is 2.01. The molecule has 1 aromatic carbocycles. The zero-order chi connectivity index (χ0) is 9.42. The van der Waals surface area contributed by atoms with Crippen LogP contribution >= 0.6 is 0 Å². The number of rotatable bonds is 1. The molecule has 1 aliphatic rings. The maximum Gasteiger partial charge on any atom is 0.177 e. The quantitative estimate of drug-likeness (QED) is 0.458. The molecule has 2 rings (SSSR count). The van der Waals surface area contributed by atoms with Crippen LogP contribution in [0.4, 0.5) is 4.39 Å². The van der Waals surface area contributed by atoms with Gasteiger partial charge >= 0.3 is 0 Å². The second kappa shape index (κ2) is 2.95. The Morgan fingerprint density at radius 1 is 1.54 bits per heavy atom. The summed E-state index contributed by atoms with van der Waals surface area (Å²) in [5.41, 5.74) is 2.37. The molecule has 0 spiro atoms. The van der Waals surface area contributed by atoms with Gasteiger partial charge in [-0.3, -0.25) is 0 Å². The average molecular weight is 178 g/mol. The summed E-state index contributed by atoms with van der Waals surface area (Å²) in [5, 5.41) is 0. The highest BCUT2D eigenvalue weighted by atomic mass is 19.1. The number of nitrogens with zero attached hydrogens (tertiary/aromatic N) is 1. The van der Waals surface area contributed by atoms with Crippen molar-refractivity contribution in [3.8, 4) is 0 Å². The first-order chi connectivity index (χ1) is 6.18. The summed E-state index contributed by atoms with van der Waals surface area (Å²) in [6.45, 7) is 3.86. The summed E-state index contributed by atoms with van der Waals surface area (Å²) in [6.07, 6.45) is 2.10. The van der Waals surface area contributed by atoms with Gasteiger partial charge in [-0.05, 0) is 24.1 Å². The Hall–Kier alpha value is -1.18. The molecule has 2 heteroatoms. The molecular weight excluding hydrogens is 165 g/mol. The van der Waals surface area contributed by atoms with Crippen LogP contribution in [0.25, 0.3) is 0 Å². The average Bonchev–Trinajstić information content (AvgIpc) is 2.46. The monoisotopic (exact) mass is 178 g/mol. The predicted octanol–water partition coefficient (Wildman–Crippen LogP) is 2.16. The number of hydrogen-bond acceptors (Lipinski definition) is 0. The van der Waals surface area contributed by atoms with Crippen LogP contribution in [0.2, 0.25) is 0 Å². The van der Waals surface area contributed by atoms with Crippen LogP contribution in [0.3, 0.4) is 0 Å². The molecular formula is C11H13FN+. The Morgan fingerprint density at radius 3 is 3.00 bits per heavy atom. The smallest absolute Gasteiger partial charge is 0.177 e. The first-order valence-corrected chi connectivity index (χ1v) is 4.50. The van der Waals surface area contributed by atoms with Crippen LogP contribution < -0.4 is 0 Å². The Bertz CT molecular complexity index is 357. The van der Waals surface area contributed by atoms with Gasteiger partial charge in [-0.1, -0.05) is 6.07 Å². The lowest BCUT2D eigenvalue weighted by Crippen LogP contribution is -2.09. The molecule has 0 heterocycles. The van der Waals surface area contributed by atoms with Gasteiger partial charge in [-0.2, -0.15) is 0 Å². The molecule has 1 nitrogen and oxygen atoms in total. The van der Waals surface area contributed by atoms with Crippen LogP contribution in [0, 0.1) is 5.82 Å². The van der Waals surface area contributed by atoms with E-state index in [-0.39, 0.29) is 5.82 Å². The van der Waals surface area contributed by atoms with Gasteiger partial charge in [0.15, 0.2) is 6.04 Å². The summed E-state index contributed by atoms with van der Waals surface area (Å²) >= 11 is 0. The highest BCUT2D eigenvalue weighted by Crippen LogP contribution is 2.33. The molecule has 1 aromatic rings. The molecule has 1 atom stereocenters. The summed E-state index contributed by atoms with van der Waals surface area (Å²) in [7, 11) is 1.94. The van der Waals surface area contributed by atoms with Gasteiger partial charge in [-0.15, -0.1) is 0 Å². The van der Waals surface area contributed by atoms with E-state index in [2.05, 4.69) is 6.72 Å². The van der Waals surface area contributed by atoms with Crippen LogP contribution in [0.1, 0.15) is 23.6 Å². The fraction of sp³-hybridized carbons (Fsp3) is 0.364. The number of benzene rings is 1. The maximum absolute atomic E-state index is 13.0. The minimum absolute atomic E-state index is 0.146. The van der Waals surface area contributed by atoms with Crippen molar-refractivity contribution in [2.45, 2.75) is 18.9 Å². The Morgan fingerprint density at radius 2 is 2.31 bits per heavy atom. The Kier molecular flexibility index (Phi) is 1.91. The van der Waals surface area contributed by atoms with Gasteiger partial charge < -0.3 is 0 Å². The van der Waals surface area contributed by atoms with Gasteiger partial charge in [0.2, 0.25) is 0 Å². The highest BCUT2D eigenvalue weighted by Gasteiger charge is 2.28. The largest absolute Gasteiger partial charge is 0.238 e. The highest BCUT2D eigenvalue weighted by molar-refractivity contribution is 5.34. The van der Waals surface area contributed by atoms with Crippen molar-refractivity contribution in [2.75, 3.05) is 7.05 Å². The number of hydrogen-bond donors (Lipinski definition) is 0. The third-order valence-corrected chi connectivity index (χ3v) is 2.69. The van der Waals surface area contributed by atoms with E-state index in [0.717, 1.165) is 18.4 Å². The third kappa shape index (κ3) is 1.37.